The molecule has 0 unspecified atom stereocenters. The van der Waals surface area contributed by atoms with E-state index in [2.05, 4.69) is 27.4 Å². The quantitative estimate of drug-likeness (QED) is 0.621. The standard InChI is InChI=1S/C22H23N3O3S2/c26-30(27)21-9-2-1-8-20(21)28-22(17-25(30)14-18-6-3-4-11-23-18)10-12-24(16-22)15-19-7-5-13-29-19/h1-9,11,13H,10,12,14-17H2/t22-/m0/s1. The van der Waals surface area contributed by atoms with Gasteiger partial charge >= 0.3 is 0 Å². The number of pyridine rings is 1. The highest BCUT2D eigenvalue weighted by molar-refractivity contribution is 7.89. The van der Waals surface area contributed by atoms with Gasteiger partial charge in [-0.15, -0.1) is 11.3 Å². The highest BCUT2D eigenvalue weighted by atomic mass is 32.2. The van der Waals surface area contributed by atoms with Crippen molar-refractivity contribution >= 4 is 21.4 Å². The molecule has 8 heteroatoms. The molecule has 2 aromatic heterocycles. The Morgan fingerprint density at radius 3 is 2.70 bits per heavy atom. The lowest BCUT2D eigenvalue weighted by atomic mass is 10.0. The van der Waals surface area contributed by atoms with Crippen LogP contribution in [0, 0.1) is 0 Å². The Morgan fingerprint density at radius 2 is 1.90 bits per heavy atom. The first-order valence-corrected chi connectivity index (χ1v) is 12.3. The average molecular weight is 442 g/mol. The van der Waals surface area contributed by atoms with Crippen LogP contribution in [0.3, 0.4) is 0 Å². The smallest absolute Gasteiger partial charge is 0.247 e. The van der Waals surface area contributed by atoms with Gasteiger partial charge in [-0.1, -0.05) is 24.3 Å². The minimum absolute atomic E-state index is 0.230. The van der Waals surface area contributed by atoms with Crippen molar-refractivity contribution in [3.8, 4) is 5.75 Å². The zero-order valence-corrected chi connectivity index (χ0v) is 18.1. The number of fused-ring (bicyclic) bond motifs is 1. The molecule has 0 amide bonds. The lowest BCUT2D eigenvalue weighted by Crippen LogP contribution is -2.49. The SMILES string of the molecule is O=S1(=O)c2ccccc2O[C@]2(CCN(Cc3cccs3)C2)CN1Cc1ccccn1. The summed E-state index contributed by atoms with van der Waals surface area (Å²) < 4.78 is 35.0. The zero-order chi connectivity index (χ0) is 20.6. The molecule has 1 aromatic carbocycles. The molecule has 1 atom stereocenters. The van der Waals surface area contributed by atoms with E-state index in [1.54, 1.807) is 35.7 Å². The molecule has 0 bridgehead atoms. The number of aromatic nitrogens is 1. The third-order valence-corrected chi connectivity index (χ3v) is 8.37. The maximum atomic E-state index is 13.5. The number of likely N-dealkylation sites (tertiary alicyclic amines) is 1. The molecule has 3 aromatic rings. The van der Waals surface area contributed by atoms with Gasteiger partial charge in [-0.25, -0.2) is 8.42 Å². The molecular formula is C22H23N3O3S2. The Hall–Kier alpha value is -2.26. The van der Waals surface area contributed by atoms with Crippen molar-refractivity contribution in [1.82, 2.24) is 14.2 Å². The summed E-state index contributed by atoms with van der Waals surface area (Å²) in [7, 11) is -3.70. The summed E-state index contributed by atoms with van der Waals surface area (Å²) in [6.07, 6.45) is 2.47. The second kappa shape index (κ2) is 7.77. The summed E-state index contributed by atoms with van der Waals surface area (Å²) in [5.74, 6) is 0.444. The molecule has 2 aliphatic rings. The highest BCUT2D eigenvalue weighted by Crippen LogP contribution is 2.39. The van der Waals surface area contributed by atoms with Gasteiger partial charge in [0.05, 0.1) is 18.8 Å². The van der Waals surface area contributed by atoms with Crippen LogP contribution >= 0.6 is 11.3 Å². The van der Waals surface area contributed by atoms with Gasteiger partial charge in [-0.2, -0.15) is 4.31 Å². The third kappa shape index (κ3) is 3.76. The summed E-state index contributed by atoms with van der Waals surface area (Å²) in [6, 6.07) is 16.7. The van der Waals surface area contributed by atoms with Crippen LogP contribution in [-0.4, -0.2) is 47.8 Å². The zero-order valence-electron chi connectivity index (χ0n) is 16.5. The van der Waals surface area contributed by atoms with Crippen LogP contribution in [-0.2, 0) is 23.1 Å². The number of ether oxygens (including phenoxy) is 1. The van der Waals surface area contributed by atoms with Crippen molar-refractivity contribution in [2.75, 3.05) is 19.6 Å². The second-order valence-corrected chi connectivity index (χ2v) is 10.8. The topological polar surface area (TPSA) is 62.7 Å². The number of hydrogen-bond acceptors (Lipinski definition) is 6. The fraction of sp³-hybridized carbons (Fsp3) is 0.318. The van der Waals surface area contributed by atoms with Crippen LogP contribution in [0.2, 0.25) is 0 Å². The Morgan fingerprint density at radius 1 is 1.03 bits per heavy atom. The van der Waals surface area contributed by atoms with Crippen molar-refractivity contribution in [2.45, 2.75) is 30.0 Å². The molecule has 4 heterocycles. The van der Waals surface area contributed by atoms with Crippen molar-refractivity contribution in [1.29, 1.82) is 0 Å². The van der Waals surface area contributed by atoms with Crippen LogP contribution < -0.4 is 4.74 Å². The van der Waals surface area contributed by atoms with E-state index >= 15 is 0 Å². The van der Waals surface area contributed by atoms with Gasteiger partial charge in [0, 0.05) is 37.1 Å². The fourth-order valence-corrected chi connectivity index (χ4v) is 6.62. The molecule has 2 aliphatic heterocycles. The molecule has 0 aliphatic carbocycles. The highest BCUT2D eigenvalue weighted by Gasteiger charge is 2.47. The molecular weight excluding hydrogens is 418 g/mol. The Bertz CT molecular complexity index is 1120. The molecule has 30 heavy (non-hydrogen) atoms. The molecule has 0 N–H and O–H groups in total. The maximum Gasteiger partial charge on any atom is 0.247 e. The van der Waals surface area contributed by atoms with Crippen LogP contribution in [0.5, 0.6) is 5.75 Å². The van der Waals surface area contributed by atoms with Crippen LogP contribution in [0.1, 0.15) is 17.0 Å². The number of benzene rings is 1. The van der Waals surface area contributed by atoms with Gasteiger partial charge in [-0.05, 0) is 35.7 Å². The number of nitrogens with zero attached hydrogens (tertiary/aromatic N) is 3. The summed E-state index contributed by atoms with van der Waals surface area (Å²) in [5, 5.41) is 2.08. The lowest BCUT2D eigenvalue weighted by Gasteiger charge is -2.32. The number of sulfonamides is 1. The number of hydrogen-bond donors (Lipinski definition) is 0. The van der Waals surface area contributed by atoms with E-state index in [1.807, 2.05) is 24.3 Å². The van der Waals surface area contributed by atoms with Crippen LogP contribution in [0.4, 0.5) is 0 Å². The summed E-state index contributed by atoms with van der Waals surface area (Å²) in [6.45, 7) is 2.96. The lowest BCUT2D eigenvalue weighted by molar-refractivity contribution is 0.0569. The number of rotatable bonds is 4. The molecule has 1 spiro atoms. The Kier molecular flexibility index (Phi) is 5.10. The third-order valence-electron chi connectivity index (χ3n) is 5.68. The predicted octanol–water partition coefficient (Wildman–Crippen LogP) is 3.37. The van der Waals surface area contributed by atoms with E-state index < -0.39 is 15.6 Å². The summed E-state index contributed by atoms with van der Waals surface area (Å²) in [5.41, 5.74) is 0.148. The molecule has 6 nitrogen and oxygen atoms in total. The van der Waals surface area contributed by atoms with E-state index in [4.69, 9.17) is 4.74 Å². The van der Waals surface area contributed by atoms with Gasteiger partial charge < -0.3 is 4.74 Å². The van der Waals surface area contributed by atoms with E-state index in [0.717, 1.165) is 25.2 Å². The van der Waals surface area contributed by atoms with E-state index in [0.29, 0.717) is 18.8 Å². The minimum atomic E-state index is -3.70. The van der Waals surface area contributed by atoms with Crippen molar-refractivity contribution < 1.29 is 13.2 Å². The van der Waals surface area contributed by atoms with Gasteiger partial charge in [-0.3, -0.25) is 9.88 Å². The molecule has 1 saturated heterocycles. The molecule has 1 fully saturated rings. The van der Waals surface area contributed by atoms with E-state index in [1.165, 1.54) is 9.18 Å². The first kappa shape index (κ1) is 19.7. The Labute approximate surface area is 180 Å². The van der Waals surface area contributed by atoms with Gasteiger partial charge in [0.1, 0.15) is 16.2 Å². The molecule has 0 radical (unpaired) electrons. The second-order valence-electron chi connectivity index (χ2n) is 7.87. The summed E-state index contributed by atoms with van der Waals surface area (Å²) in [4.78, 5) is 8.24. The predicted molar refractivity (Wildman–Crippen MR) is 116 cm³/mol. The van der Waals surface area contributed by atoms with Crippen LogP contribution in [0.15, 0.2) is 71.1 Å². The van der Waals surface area contributed by atoms with E-state index in [-0.39, 0.29) is 11.4 Å². The Balaban J connectivity index is 1.49. The first-order chi connectivity index (χ1) is 14.5. The van der Waals surface area contributed by atoms with Gasteiger partial charge in [0.25, 0.3) is 0 Å². The van der Waals surface area contributed by atoms with Crippen molar-refractivity contribution in [3.05, 3.63) is 76.7 Å². The van der Waals surface area contributed by atoms with Gasteiger partial charge in [0.2, 0.25) is 10.0 Å². The number of para-hydroxylation sites is 1. The van der Waals surface area contributed by atoms with E-state index in [9.17, 15) is 8.42 Å². The molecule has 5 rings (SSSR count). The summed E-state index contributed by atoms with van der Waals surface area (Å²) >= 11 is 1.74. The normalized spacial score (nSPS) is 23.7. The fourth-order valence-electron chi connectivity index (χ4n) is 4.27. The van der Waals surface area contributed by atoms with Gasteiger partial charge in [0.15, 0.2) is 0 Å². The van der Waals surface area contributed by atoms with Crippen molar-refractivity contribution in [3.63, 3.8) is 0 Å². The number of thiophene rings is 1. The van der Waals surface area contributed by atoms with Crippen LogP contribution in [0.25, 0.3) is 0 Å². The monoisotopic (exact) mass is 441 g/mol. The van der Waals surface area contributed by atoms with Crippen molar-refractivity contribution in [2.24, 2.45) is 0 Å². The largest absolute Gasteiger partial charge is 0.483 e. The molecule has 156 valence electrons. The molecule has 0 saturated carbocycles. The first-order valence-electron chi connectivity index (χ1n) is 9.97. The average Bonchev–Trinajstić information content (AvgIpc) is 3.37. The maximum absolute atomic E-state index is 13.5. The minimum Gasteiger partial charge on any atom is -0.483 e.